The predicted molar refractivity (Wildman–Crippen MR) is 85.7 cm³/mol. The number of hydrogen-bond donors (Lipinski definition) is 2. The number of aliphatic hydroxyl groups excluding tert-OH is 2. The van der Waals surface area contributed by atoms with Crippen LogP contribution in [-0.4, -0.2) is 86.5 Å². The van der Waals surface area contributed by atoms with Gasteiger partial charge in [0, 0.05) is 38.8 Å². The van der Waals surface area contributed by atoms with Crippen LogP contribution in [0.4, 0.5) is 0 Å². The summed E-state index contributed by atoms with van der Waals surface area (Å²) in [5.74, 6) is 1.01. The Morgan fingerprint density at radius 1 is 1.08 bits per heavy atom. The quantitative estimate of drug-likeness (QED) is 0.705. The lowest BCUT2D eigenvalue weighted by atomic mass is 10.3. The summed E-state index contributed by atoms with van der Waals surface area (Å²) < 4.78 is 37.9. The van der Waals surface area contributed by atoms with Gasteiger partial charge in [-0.15, -0.1) is 0 Å². The predicted octanol–water partition coefficient (Wildman–Crippen LogP) is -0.883. The Bertz CT molecular complexity index is 673. The first-order chi connectivity index (χ1) is 11.5. The van der Waals surface area contributed by atoms with Crippen molar-refractivity contribution in [2.45, 2.75) is 11.0 Å². The third kappa shape index (κ3) is 3.65. The fraction of sp³-hybridized carbons (Fsp3) is 0.600. The fourth-order valence-electron chi connectivity index (χ4n) is 2.84. The van der Waals surface area contributed by atoms with Gasteiger partial charge in [-0.1, -0.05) is 0 Å². The third-order valence-corrected chi connectivity index (χ3v) is 6.06. The largest absolute Gasteiger partial charge is 0.486 e. The van der Waals surface area contributed by atoms with Gasteiger partial charge >= 0.3 is 0 Å². The Morgan fingerprint density at radius 3 is 2.42 bits per heavy atom. The first-order valence-corrected chi connectivity index (χ1v) is 9.36. The van der Waals surface area contributed by atoms with Crippen molar-refractivity contribution in [2.24, 2.45) is 0 Å². The molecule has 1 fully saturated rings. The summed E-state index contributed by atoms with van der Waals surface area (Å²) in [6.07, 6.45) is -0.800. The molecule has 0 bridgehead atoms. The van der Waals surface area contributed by atoms with Crippen molar-refractivity contribution in [2.75, 3.05) is 52.5 Å². The van der Waals surface area contributed by atoms with Gasteiger partial charge in [0.1, 0.15) is 13.2 Å². The number of fused-ring (bicyclic) bond motifs is 1. The molecule has 1 aromatic carbocycles. The highest BCUT2D eigenvalue weighted by molar-refractivity contribution is 7.89. The number of β-amino-alcohol motifs (C(OH)–C–C–N with tert-alkyl or cyclic N) is 1. The van der Waals surface area contributed by atoms with Crippen LogP contribution in [0, 0.1) is 0 Å². The zero-order chi connectivity index (χ0) is 17.2. The number of hydrogen-bond acceptors (Lipinski definition) is 7. The van der Waals surface area contributed by atoms with E-state index >= 15 is 0 Å². The maximum absolute atomic E-state index is 12.8. The standard InChI is InChI=1S/C15H22N2O6S/c18-11-12(19)10-16-3-5-17(6-4-16)24(20,21)13-1-2-14-15(9-13)23-8-7-22-14/h1-2,9,12,18-19H,3-8,10-11H2/t12-/m1/s1. The van der Waals surface area contributed by atoms with Crippen LogP contribution in [-0.2, 0) is 10.0 Å². The molecule has 9 heteroatoms. The molecule has 1 saturated heterocycles. The van der Waals surface area contributed by atoms with Crippen LogP contribution >= 0.6 is 0 Å². The van der Waals surface area contributed by atoms with Gasteiger partial charge in [0.05, 0.1) is 17.6 Å². The zero-order valence-electron chi connectivity index (χ0n) is 13.3. The van der Waals surface area contributed by atoms with Crippen molar-refractivity contribution < 1.29 is 28.1 Å². The number of rotatable bonds is 5. The molecule has 1 aromatic rings. The highest BCUT2D eigenvalue weighted by Gasteiger charge is 2.30. The molecule has 24 heavy (non-hydrogen) atoms. The highest BCUT2D eigenvalue weighted by atomic mass is 32.2. The summed E-state index contributed by atoms with van der Waals surface area (Å²) in [5, 5.41) is 18.4. The van der Waals surface area contributed by atoms with Crippen LogP contribution in [0.3, 0.4) is 0 Å². The van der Waals surface area contributed by atoms with Crippen molar-refractivity contribution in [3.63, 3.8) is 0 Å². The van der Waals surface area contributed by atoms with Crippen LogP contribution in [0.15, 0.2) is 23.1 Å². The van der Waals surface area contributed by atoms with E-state index in [0.29, 0.717) is 57.4 Å². The summed E-state index contributed by atoms with van der Waals surface area (Å²) in [6, 6.07) is 4.66. The highest BCUT2D eigenvalue weighted by Crippen LogP contribution is 2.33. The van der Waals surface area contributed by atoms with Gasteiger partial charge in [0.25, 0.3) is 0 Å². The SMILES string of the molecule is O=S(=O)(c1ccc2c(c1)OCCO2)N1CCN(C[C@@H](O)CO)CC1. The lowest BCUT2D eigenvalue weighted by Gasteiger charge is -2.34. The molecule has 2 aliphatic rings. The molecular formula is C15H22N2O6S. The number of aliphatic hydroxyl groups is 2. The summed E-state index contributed by atoms with van der Waals surface area (Å²) in [5.41, 5.74) is 0. The minimum atomic E-state index is -3.59. The Balaban J connectivity index is 1.68. The van der Waals surface area contributed by atoms with E-state index < -0.39 is 16.1 Å². The van der Waals surface area contributed by atoms with Crippen LogP contribution in [0.5, 0.6) is 11.5 Å². The van der Waals surface area contributed by atoms with E-state index in [4.69, 9.17) is 14.6 Å². The maximum Gasteiger partial charge on any atom is 0.243 e. The lowest BCUT2D eigenvalue weighted by Crippen LogP contribution is -2.50. The van der Waals surface area contributed by atoms with Gasteiger partial charge in [0.15, 0.2) is 11.5 Å². The topological polar surface area (TPSA) is 99.5 Å². The Morgan fingerprint density at radius 2 is 1.75 bits per heavy atom. The van der Waals surface area contributed by atoms with Gasteiger partial charge in [-0.25, -0.2) is 8.42 Å². The minimum Gasteiger partial charge on any atom is -0.486 e. The van der Waals surface area contributed by atoms with E-state index in [1.165, 1.54) is 16.4 Å². The molecule has 134 valence electrons. The molecule has 0 amide bonds. The van der Waals surface area contributed by atoms with Gasteiger partial charge in [-0.2, -0.15) is 4.31 Å². The van der Waals surface area contributed by atoms with Gasteiger partial charge in [0.2, 0.25) is 10.0 Å². The number of ether oxygens (including phenoxy) is 2. The number of sulfonamides is 1. The van der Waals surface area contributed by atoms with Gasteiger partial charge in [-0.05, 0) is 12.1 Å². The molecule has 0 aromatic heterocycles. The van der Waals surface area contributed by atoms with Crippen LogP contribution in [0.25, 0.3) is 0 Å². The van der Waals surface area contributed by atoms with Crippen molar-refractivity contribution in [3.8, 4) is 11.5 Å². The summed E-state index contributed by atoms with van der Waals surface area (Å²) in [6.45, 7) is 2.62. The van der Waals surface area contributed by atoms with E-state index in [1.54, 1.807) is 6.07 Å². The van der Waals surface area contributed by atoms with Crippen molar-refractivity contribution >= 4 is 10.0 Å². The Kier molecular flexibility index (Phi) is 5.26. The van der Waals surface area contributed by atoms with Crippen molar-refractivity contribution in [3.05, 3.63) is 18.2 Å². The molecule has 2 heterocycles. The zero-order valence-corrected chi connectivity index (χ0v) is 14.1. The first kappa shape index (κ1) is 17.4. The molecule has 3 rings (SSSR count). The summed E-state index contributed by atoms with van der Waals surface area (Å²) in [4.78, 5) is 2.13. The maximum atomic E-state index is 12.8. The second-order valence-electron chi connectivity index (χ2n) is 5.85. The van der Waals surface area contributed by atoms with E-state index in [2.05, 4.69) is 0 Å². The number of benzene rings is 1. The van der Waals surface area contributed by atoms with E-state index in [-0.39, 0.29) is 11.5 Å². The molecule has 0 saturated carbocycles. The molecule has 2 aliphatic heterocycles. The fourth-order valence-corrected chi connectivity index (χ4v) is 4.28. The molecule has 0 spiro atoms. The second-order valence-corrected chi connectivity index (χ2v) is 7.78. The van der Waals surface area contributed by atoms with E-state index in [0.717, 1.165) is 0 Å². The minimum absolute atomic E-state index is 0.190. The average Bonchev–Trinajstić information content (AvgIpc) is 2.61. The van der Waals surface area contributed by atoms with E-state index in [1.807, 2.05) is 4.90 Å². The van der Waals surface area contributed by atoms with Crippen LogP contribution < -0.4 is 9.47 Å². The normalized spacial score (nSPS) is 20.8. The van der Waals surface area contributed by atoms with Crippen molar-refractivity contribution in [1.29, 1.82) is 0 Å². The van der Waals surface area contributed by atoms with Crippen LogP contribution in [0.1, 0.15) is 0 Å². The monoisotopic (exact) mass is 358 g/mol. The molecule has 0 aliphatic carbocycles. The Hall–Kier alpha value is -1.39. The summed E-state index contributed by atoms with van der Waals surface area (Å²) in [7, 11) is -3.59. The summed E-state index contributed by atoms with van der Waals surface area (Å²) >= 11 is 0. The number of nitrogens with zero attached hydrogens (tertiary/aromatic N) is 2. The van der Waals surface area contributed by atoms with E-state index in [9.17, 15) is 13.5 Å². The van der Waals surface area contributed by atoms with Crippen LogP contribution in [0.2, 0.25) is 0 Å². The molecule has 0 unspecified atom stereocenters. The smallest absolute Gasteiger partial charge is 0.243 e. The molecule has 2 N–H and O–H groups in total. The molecule has 0 radical (unpaired) electrons. The third-order valence-electron chi connectivity index (χ3n) is 4.16. The Labute approximate surface area is 141 Å². The van der Waals surface area contributed by atoms with Gasteiger partial charge < -0.3 is 19.7 Å². The van der Waals surface area contributed by atoms with Crippen molar-refractivity contribution in [1.82, 2.24) is 9.21 Å². The molecular weight excluding hydrogens is 336 g/mol. The second kappa shape index (κ2) is 7.24. The lowest BCUT2D eigenvalue weighted by molar-refractivity contribution is 0.0491. The average molecular weight is 358 g/mol. The van der Waals surface area contributed by atoms with Gasteiger partial charge in [-0.3, -0.25) is 4.90 Å². The molecule has 8 nitrogen and oxygen atoms in total. The molecule has 1 atom stereocenters. The number of piperazine rings is 1. The first-order valence-electron chi connectivity index (χ1n) is 7.92.